The van der Waals surface area contributed by atoms with Crippen LogP contribution >= 0.6 is 0 Å². The van der Waals surface area contributed by atoms with Gasteiger partial charge in [0.1, 0.15) is 0 Å². The average molecular weight is 277 g/mol. The van der Waals surface area contributed by atoms with Crippen LogP contribution in [0.3, 0.4) is 0 Å². The Morgan fingerprint density at radius 1 is 1.00 bits per heavy atom. The number of unbranched alkanes of at least 4 members (excludes halogenated alkanes) is 3. The Bertz CT molecular complexity index is 386. The lowest BCUT2D eigenvalue weighted by atomic mass is 9.90. The highest BCUT2D eigenvalue weighted by atomic mass is 16.6. The third kappa shape index (κ3) is 6.18. The summed E-state index contributed by atoms with van der Waals surface area (Å²) in [6, 6.07) is 7.06. The number of nitro groups is 1. The molecule has 1 rings (SSSR count). The molecule has 3 nitrogen and oxygen atoms in total. The fourth-order valence-corrected chi connectivity index (χ4v) is 2.70. The van der Waals surface area contributed by atoms with E-state index < -0.39 is 0 Å². The lowest BCUT2D eigenvalue weighted by molar-refractivity contribution is -0.384. The number of benzene rings is 1. The van der Waals surface area contributed by atoms with Crippen LogP contribution in [0, 0.1) is 16.0 Å². The van der Waals surface area contributed by atoms with Crippen LogP contribution in [0.15, 0.2) is 24.3 Å². The van der Waals surface area contributed by atoms with Gasteiger partial charge in [-0.2, -0.15) is 0 Å². The minimum atomic E-state index is -0.335. The molecule has 0 aliphatic heterocycles. The van der Waals surface area contributed by atoms with E-state index in [2.05, 4.69) is 13.8 Å². The summed E-state index contributed by atoms with van der Waals surface area (Å²) in [5, 5.41) is 10.6. The molecule has 0 radical (unpaired) electrons. The maximum absolute atomic E-state index is 10.6. The Labute approximate surface area is 122 Å². The molecule has 0 spiro atoms. The summed E-state index contributed by atoms with van der Waals surface area (Å²) in [6.07, 6.45) is 10.1. The van der Waals surface area contributed by atoms with Gasteiger partial charge in [0.25, 0.3) is 5.69 Å². The van der Waals surface area contributed by atoms with Crippen LogP contribution in [0.2, 0.25) is 0 Å². The van der Waals surface area contributed by atoms with Crippen LogP contribution in [0.4, 0.5) is 5.69 Å². The molecule has 0 heterocycles. The van der Waals surface area contributed by atoms with E-state index in [0.29, 0.717) is 0 Å². The third-order valence-electron chi connectivity index (χ3n) is 3.83. The first-order chi connectivity index (χ1) is 9.67. The molecule has 1 atom stereocenters. The van der Waals surface area contributed by atoms with Gasteiger partial charge >= 0.3 is 0 Å². The Morgan fingerprint density at radius 3 is 2.25 bits per heavy atom. The van der Waals surface area contributed by atoms with Crippen LogP contribution in [-0.4, -0.2) is 4.92 Å². The van der Waals surface area contributed by atoms with E-state index in [9.17, 15) is 10.1 Å². The van der Waals surface area contributed by atoms with Crippen LogP contribution in [-0.2, 0) is 6.42 Å². The van der Waals surface area contributed by atoms with Gasteiger partial charge in [-0.1, -0.05) is 70.9 Å². The number of nitro benzene ring substituents is 1. The highest BCUT2D eigenvalue weighted by Gasteiger charge is 2.10. The summed E-state index contributed by atoms with van der Waals surface area (Å²) >= 11 is 0. The first-order valence-electron chi connectivity index (χ1n) is 7.90. The molecule has 20 heavy (non-hydrogen) atoms. The molecule has 1 aromatic rings. The first kappa shape index (κ1) is 16.7. The Balaban J connectivity index is 2.49. The summed E-state index contributed by atoms with van der Waals surface area (Å²) in [6.45, 7) is 4.47. The van der Waals surface area contributed by atoms with Gasteiger partial charge in [-0.05, 0) is 17.9 Å². The first-order valence-corrected chi connectivity index (χ1v) is 7.90. The monoisotopic (exact) mass is 277 g/mol. The van der Waals surface area contributed by atoms with Gasteiger partial charge < -0.3 is 0 Å². The number of hydrogen-bond acceptors (Lipinski definition) is 2. The molecule has 0 fully saturated rings. The van der Waals surface area contributed by atoms with Crippen LogP contribution in [0.25, 0.3) is 0 Å². The molecule has 0 N–H and O–H groups in total. The molecule has 0 amide bonds. The van der Waals surface area contributed by atoms with Gasteiger partial charge in [0.05, 0.1) is 4.92 Å². The van der Waals surface area contributed by atoms with Gasteiger partial charge in [0.15, 0.2) is 0 Å². The lowest BCUT2D eigenvalue weighted by Gasteiger charge is -2.16. The predicted molar refractivity (Wildman–Crippen MR) is 84.0 cm³/mol. The molecule has 112 valence electrons. The minimum Gasteiger partial charge on any atom is -0.258 e. The van der Waals surface area contributed by atoms with Crippen molar-refractivity contribution in [2.45, 2.75) is 65.2 Å². The molecule has 0 saturated carbocycles. The molecule has 1 aromatic carbocycles. The number of rotatable bonds is 10. The van der Waals surface area contributed by atoms with Gasteiger partial charge in [0.2, 0.25) is 0 Å². The summed E-state index contributed by atoms with van der Waals surface area (Å²) < 4.78 is 0. The van der Waals surface area contributed by atoms with Crippen molar-refractivity contribution in [1.82, 2.24) is 0 Å². The van der Waals surface area contributed by atoms with Gasteiger partial charge in [-0.3, -0.25) is 10.1 Å². The van der Waals surface area contributed by atoms with Gasteiger partial charge in [-0.25, -0.2) is 0 Å². The van der Waals surface area contributed by atoms with Crippen molar-refractivity contribution in [3.63, 3.8) is 0 Å². The highest BCUT2D eigenvalue weighted by Crippen LogP contribution is 2.22. The largest absolute Gasteiger partial charge is 0.269 e. The van der Waals surface area contributed by atoms with E-state index in [4.69, 9.17) is 0 Å². The summed E-state index contributed by atoms with van der Waals surface area (Å²) in [4.78, 5) is 10.3. The van der Waals surface area contributed by atoms with E-state index in [1.165, 1.54) is 50.5 Å². The van der Waals surface area contributed by atoms with E-state index in [1.807, 2.05) is 12.1 Å². The molecule has 0 aliphatic carbocycles. The van der Waals surface area contributed by atoms with Crippen molar-refractivity contribution in [2.24, 2.45) is 5.92 Å². The van der Waals surface area contributed by atoms with Gasteiger partial charge in [-0.15, -0.1) is 0 Å². The van der Waals surface area contributed by atoms with Gasteiger partial charge in [0, 0.05) is 12.1 Å². The molecule has 0 aromatic heterocycles. The molecule has 1 unspecified atom stereocenters. The number of nitrogens with zero attached hydrogens (tertiary/aromatic N) is 1. The molecular formula is C17H27NO2. The number of hydrogen-bond donors (Lipinski definition) is 0. The van der Waals surface area contributed by atoms with Crippen molar-refractivity contribution < 1.29 is 4.92 Å². The molecule has 0 aliphatic rings. The van der Waals surface area contributed by atoms with E-state index in [-0.39, 0.29) is 10.6 Å². The SMILES string of the molecule is CCCCCCC(CCC)Cc1ccc([N+](=O)[O-])cc1. The van der Waals surface area contributed by atoms with Crippen molar-refractivity contribution in [3.05, 3.63) is 39.9 Å². The van der Waals surface area contributed by atoms with Crippen LogP contribution < -0.4 is 0 Å². The standard InChI is InChI=1S/C17H27NO2/c1-3-5-6-7-9-15(8-4-2)14-16-10-12-17(13-11-16)18(19)20/h10-13,15H,3-9,14H2,1-2H3. The zero-order chi connectivity index (χ0) is 14.8. The van der Waals surface area contributed by atoms with E-state index in [1.54, 1.807) is 12.1 Å². The Kier molecular flexibility index (Phi) is 7.93. The second-order valence-corrected chi connectivity index (χ2v) is 5.63. The highest BCUT2D eigenvalue weighted by molar-refractivity contribution is 5.33. The summed E-state index contributed by atoms with van der Waals surface area (Å²) in [5.41, 5.74) is 1.41. The second kappa shape index (κ2) is 9.51. The zero-order valence-corrected chi connectivity index (χ0v) is 12.8. The summed E-state index contributed by atoms with van der Waals surface area (Å²) in [7, 11) is 0. The van der Waals surface area contributed by atoms with Crippen molar-refractivity contribution in [3.8, 4) is 0 Å². The lowest BCUT2D eigenvalue weighted by Crippen LogP contribution is -2.05. The molecular weight excluding hydrogens is 250 g/mol. The third-order valence-corrected chi connectivity index (χ3v) is 3.83. The molecule has 0 bridgehead atoms. The summed E-state index contributed by atoms with van der Waals surface area (Å²) in [5.74, 6) is 0.721. The van der Waals surface area contributed by atoms with E-state index >= 15 is 0 Å². The molecule has 0 saturated heterocycles. The average Bonchev–Trinajstić information content (AvgIpc) is 2.44. The Morgan fingerprint density at radius 2 is 1.70 bits per heavy atom. The predicted octanol–water partition coefficient (Wildman–Crippen LogP) is 5.52. The fraction of sp³-hybridized carbons (Fsp3) is 0.647. The van der Waals surface area contributed by atoms with Crippen molar-refractivity contribution >= 4 is 5.69 Å². The molecule has 3 heteroatoms. The quantitative estimate of drug-likeness (QED) is 0.321. The zero-order valence-electron chi connectivity index (χ0n) is 12.8. The maximum atomic E-state index is 10.6. The van der Waals surface area contributed by atoms with Crippen molar-refractivity contribution in [1.29, 1.82) is 0 Å². The maximum Gasteiger partial charge on any atom is 0.269 e. The van der Waals surface area contributed by atoms with Crippen LogP contribution in [0.1, 0.15) is 64.4 Å². The fourth-order valence-electron chi connectivity index (χ4n) is 2.70. The second-order valence-electron chi connectivity index (χ2n) is 5.63. The minimum absolute atomic E-state index is 0.184. The smallest absolute Gasteiger partial charge is 0.258 e. The Hall–Kier alpha value is -1.38. The number of non-ortho nitro benzene ring substituents is 1. The topological polar surface area (TPSA) is 43.1 Å². The van der Waals surface area contributed by atoms with Crippen LogP contribution in [0.5, 0.6) is 0 Å². The normalized spacial score (nSPS) is 12.3. The van der Waals surface area contributed by atoms with E-state index in [0.717, 1.165) is 12.3 Å². The van der Waals surface area contributed by atoms with Crippen molar-refractivity contribution in [2.75, 3.05) is 0 Å².